The second kappa shape index (κ2) is 12.7. The topological polar surface area (TPSA) is 107 Å². The molecule has 0 radical (unpaired) electrons. The monoisotopic (exact) mass is 577 g/mol. The van der Waals surface area contributed by atoms with Crippen molar-refractivity contribution in [1.29, 1.82) is 0 Å². The number of fused-ring (bicyclic) bond motifs is 1. The number of carbonyl (C=O) groups excluding carboxylic acids is 1. The average Bonchev–Trinajstić information content (AvgIpc) is 3.01. The van der Waals surface area contributed by atoms with Crippen LogP contribution in [0.15, 0.2) is 91.1 Å². The first-order valence-electron chi connectivity index (χ1n) is 13.9. The molecule has 3 N–H and O–H groups in total. The second-order valence-electron chi connectivity index (χ2n) is 10.9. The summed E-state index contributed by atoms with van der Waals surface area (Å²) < 4.78 is 16.9. The van der Waals surface area contributed by atoms with Crippen LogP contribution in [-0.2, 0) is 12.0 Å². The van der Waals surface area contributed by atoms with Crippen LogP contribution in [0.25, 0.3) is 10.8 Å². The van der Waals surface area contributed by atoms with Crippen LogP contribution in [0, 0.1) is 0 Å². The molecule has 1 heterocycles. The molecule has 5 rings (SSSR count). The number of benzene rings is 4. The molecule has 2 amide bonds. The zero-order chi connectivity index (χ0) is 30.4. The summed E-state index contributed by atoms with van der Waals surface area (Å²) in [5.74, 6) is 2.82. The lowest BCUT2D eigenvalue weighted by Crippen LogP contribution is -2.21. The van der Waals surface area contributed by atoms with Crippen LogP contribution in [0.5, 0.6) is 23.1 Å². The summed E-state index contributed by atoms with van der Waals surface area (Å²) >= 11 is 0. The molecule has 43 heavy (non-hydrogen) atoms. The molecule has 0 fully saturated rings. The molecule has 0 unspecified atom stereocenters. The molecule has 0 saturated carbocycles. The highest BCUT2D eigenvalue weighted by Gasteiger charge is 2.18. The van der Waals surface area contributed by atoms with E-state index < -0.39 is 0 Å². The summed E-state index contributed by atoms with van der Waals surface area (Å²) in [5.41, 5.74) is 3.30. The Morgan fingerprint density at radius 2 is 1.51 bits per heavy atom. The zero-order valence-corrected chi connectivity index (χ0v) is 24.9. The van der Waals surface area contributed by atoms with E-state index in [9.17, 15) is 4.79 Å². The van der Waals surface area contributed by atoms with E-state index in [1.165, 1.54) is 0 Å². The van der Waals surface area contributed by atoms with Crippen molar-refractivity contribution >= 4 is 34.1 Å². The van der Waals surface area contributed by atoms with Crippen molar-refractivity contribution in [3.05, 3.63) is 102 Å². The average molecular weight is 578 g/mol. The second-order valence-corrected chi connectivity index (χ2v) is 10.9. The minimum absolute atomic E-state index is 0.0811. The highest BCUT2D eigenvalue weighted by atomic mass is 16.5. The zero-order valence-electron chi connectivity index (χ0n) is 24.9. The van der Waals surface area contributed by atoms with Crippen LogP contribution in [0.4, 0.5) is 22.1 Å². The molecule has 0 aliphatic rings. The van der Waals surface area contributed by atoms with Gasteiger partial charge in [-0.3, -0.25) is 0 Å². The molecule has 5 aromatic rings. The number of rotatable bonds is 9. The van der Waals surface area contributed by atoms with Gasteiger partial charge >= 0.3 is 6.03 Å². The largest absolute Gasteiger partial charge is 0.497 e. The van der Waals surface area contributed by atoms with Gasteiger partial charge in [-0.25, -0.2) is 9.78 Å². The smallest absolute Gasteiger partial charge is 0.323 e. The molecule has 0 aliphatic carbocycles. The van der Waals surface area contributed by atoms with E-state index in [0.717, 1.165) is 27.6 Å². The Labute approximate surface area is 251 Å². The molecule has 9 nitrogen and oxygen atoms in total. The number of methoxy groups -OCH3 is 2. The van der Waals surface area contributed by atoms with Gasteiger partial charge in [-0.2, -0.15) is 4.98 Å². The van der Waals surface area contributed by atoms with E-state index in [1.807, 2.05) is 78.9 Å². The number of amides is 2. The Bertz CT molecular complexity index is 1730. The standard InChI is InChI=1S/C34H35N5O4/c1-34(2,3)23-12-16-30(42-5)28(20-23)38-33(40)37-27-15-17-29(26-9-7-6-8-25(26)27)43-31-18-19-35-32(39-31)36-21-22-10-13-24(41-4)14-11-22/h6-20H,21H2,1-5H3,(H,35,36,39)(H2,37,38,40). The van der Waals surface area contributed by atoms with Gasteiger partial charge in [-0.15, -0.1) is 0 Å². The maximum absolute atomic E-state index is 13.1. The Morgan fingerprint density at radius 1 is 0.791 bits per heavy atom. The minimum Gasteiger partial charge on any atom is -0.497 e. The van der Waals surface area contributed by atoms with Crippen molar-refractivity contribution in [2.45, 2.75) is 32.7 Å². The molecule has 0 aliphatic heterocycles. The van der Waals surface area contributed by atoms with Crippen molar-refractivity contribution in [1.82, 2.24) is 9.97 Å². The van der Waals surface area contributed by atoms with E-state index in [4.69, 9.17) is 14.2 Å². The van der Waals surface area contributed by atoms with Gasteiger partial charge in [0.05, 0.1) is 25.6 Å². The quantitative estimate of drug-likeness (QED) is 0.163. The first-order valence-corrected chi connectivity index (χ1v) is 13.9. The summed E-state index contributed by atoms with van der Waals surface area (Å²) in [7, 11) is 3.22. The Morgan fingerprint density at radius 3 is 2.23 bits per heavy atom. The van der Waals surface area contributed by atoms with Gasteiger partial charge in [0.1, 0.15) is 17.2 Å². The summed E-state index contributed by atoms with van der Waals surface area (Å²) in [5, 5.41) is 10.8. The fourth-order valence-electron chi connectivity index (χ4n) is 4.54. The molecule has 1 aromatic heterocycles. The number of nitrogens with one attached hydrogen (secondary N) is 3. The number of hydrogen-bond acceptors (Lipinski definition) is 7. The van der Waals surface area contributed by atoms with Gasteiger partial charge in [0.15, 0.2) is 0 Å². The van der Waals surface area contributed by atoms with Gasteiger partial charge in [0.2, 0.25) is 11.8 Å². The highest BCUT2D eigenvalue weighted by molar-refractivity contribution is 6.08. The maximum atomic E-state index is 13.1. The number of urea groups is 1. The summed E-state index contributed by atoms with van der Waals surface area (Å²) in [4.78, 5) is 22.0. The molecule has 220 valence electrons. The third-order valence-corrected chi connectivity index (χ3v) is 6.90. The van der Waals surface area contributed by atoms with Crippen molar-refractivity contribution in [2.75, 3.05) is 30.2 Å². The van der Waals surface area contributed by atoms with Crippen LogP contribution in [0.3, 0.4) is 0 Å². The van der Waals surface area contributed by atoms with Crippen molar-refractivity contribution < 1.29 is 19.0 Å². The Kier molecular flexibility index (Phi) is 8.61. The lowest BCUT2D eigenvalue weighted by atomic mass is 9.87. The first-order chi connectivity index (χ1) is 20.7. The summed E-state index contributed by atoms with van der Waals surface area (Å²) in [6.07, 6.45) is 1.64. The molecular formula is C34H35N5O4. The van der Waals surface area contributed by atoms with Gasteiger partial charge in [-0.05, 0) is 52.9 Å². The van der Waals surface area contributed by atoms with E-state index in [-0.39, 0.29) is 11.4 Å². The van der Waals surface area contributed by atoms with E-state index in [1.54, 1.807) is 26.5 Å². The third-order valence-electron chi connectivity index (χ3n) is 6.90. The Balaban J connectivity index is 1.31. The number of aromatic nitrogens is 2. The third kappa shape index (κ3) is 7.13. The first kappa shape index (κ1) is 29.2. The van der Waals surface area contributed by atoms with Crippen LogP contribution in [0.2, 0.25) is 0 Å². The normalized spacial score (nSPS) is 11.1. The lowest BCUT2D eigenvalue weighted by Gasteiger charge is -2.21. The number of anilines is 3. The van der Waals surface area contributed by atoms with Gasteiger partial charge in [-0.1, -0.05) is 63.2 Å². The number of ether oxygens (including phenoxy) is 3. The fraction of sp³-hybridized carbons (Fsp3) is 0.206. The molecule has 0 spiro atoms. The van der Waals surface area contributed by atoms with Crippen LogP contribution in [0.1, 0.15) is 31.9 Å². The number of hydrogen-bond donors (Lipinski definition) is 3. The van der Waals surface area contributed by atoms with Gasteiger partial charge in [0, 0.05) is 29.6 Å². The number of carbonyl (C=O) groups is 1. The van der Waals surface area contributed by atoms with Crippen molar-refractivity contribution in [3.8, 4) is 23.1 Å². The molecule has 4 aromatic carbocycles. The van der Waals surface area contributed by atoms with Crippen LogP contribution in [-0.4, -0.2) is 30.2 Å². The van der Waals surface area contributed by atoms with Crippen LogP contribution >= 0.6 is 0 Å². The van der Waals surface area contributed by atoms with E-state index >= 15 is 0 Å². The maximum Gasteiger partial charge on any atom is 0.323 e. The summed E-state index contributed by atoms with van der Waals surface area (Å²) in [6, 6.07) is 26.2. The molecular weight excluding hydrogens is 542 g/mol. The van der Waals surface area contributed by atoms with E-state index in [2.05, 4.69) is 46.7 Å². The minimum atomic E-state index is -0.383. The fourth-order valence-corrected chi connectivity index (χ4v) is 4.54. The predicted molar refractivity (Wildman–Crippen MR) is 171 cm³/mol. The SMILES string of the molecule is COc1ccc(CNc2nccc(Oc3ccc(NC(=O)Nc4cc(C(C)(C)C)ccc4OC)c4ccccc34)n2)cc1. The summed E-state index contributed by atoms with van der Waals surface area (Å²) in [6.45, 7) is 6.91. The molecule has 0 atom stereocenters. The van der Waals surface area contributed by atoms with Gasteiger partial charge < -0.3 is 30.2 Å². The molecule has 0 saturated heterocycles. The molecule has 9 heteroatoms. The van der Waals surface area contributed by atoms with Gasteiger partial charge in [0.25, 0.3) is 0 Å². The van der Waals surface area contributed by atoms with E-state index in [0.29, 0.717) is 41.2 Å². The lowest BCUT2D eigenvalue weighted by molar-refractivity contribution is 0.262. The predicted octanol–water partition coefficient (Wildman–Crippen LogP) is 7.99. The van der Waals surface area contributed by atoms with Crippen LogP contribution < -0.4 is 30.2 Å². The number of nitrogens with zero attached hydrogens (tertiary/aromatic N) is 2. The van der Waals surface area contributed by atoms with Crippen molar-refractivity contribution in [2.24, 2.45) is 0 Å². The highest BCUT2D eigenvalue weighted by Crippen LogP contribution is 2.35. The molecule has 0 bridgehead atoms. The van der Waals surface area contributed by atoms with Crippen molar-refractivity contribution in [3.63, 3.8) is 0 Å². The Hall–Kier alpha value is -5.31.